The molecule has 2 aromatic rings. The van der Waals surface area contributed by atoms with Crippen LogP contribution in [0.4, 0.5) is 10.1 Å². The van der Waals surface area contributed by atoms with Gasteiger partial charge >= 0.3 is 0 Å². The first kappa shape index (κ1) is 16.4. The van der Waals surface area contributed by atoms with Gasteiger partial charge in [-0.25, -0.2) is 4.39 Å². The molecule has 1 saturated heterocycles. The van der Waals surface area contributed by atoms with Crippen LogP contribution in [0, 0.1) is 19.7 Å². The van der Waals surface area contributed by atoms with Crippen LogP contribution in [0.5, 0.6) is 5.75 Å². The summed E-state index contributed by atoms with van der Waals surface area (Å²) in [4.78, 5) is 4.76. The van der Waals surface area contributed by atoms with Crippen molar-refractivity contribution in [2.75, 3.05) is 31.1 Å². The maximum atomic E-state index is 13.1. The van der Waals surface area contributed by atoms with Crippen LogP contribution in [0.1, 0.15) is 23.1 Å². The van der Waals surface area contributed by atoms with Gasteiger partial charge in [0.2, 0.25) is 0 Å². The molecule has 4 rings (SSSR count). The predicted octanol–water partition coefficient (Wildman–Crippen LogP) is 3.92. The number of piperazine rings is 1. The van der Waals surface area contributed by atoms with Gasteiger partial charge < -0.3 is 9.64 Å². The molecule has 2 aromatic carbocycles. The number of anilines is 1. The topological polar surface area (TPSA) is 15.7 Å². The van der Waals surface area contributed by atoms with Crippen molar-refractivity contribution in [2.45, 2.75) is 32.9 Å². The molecule has 0 N–H and O–H groups in total. The minimum Gasteiger partial charge on any atom is -0.475 e. The summed E-state index contributed by atoms with van der Waals surface area (Å²) in [5.74, 6) is 0.877. The van der Waals surface area contributed by atoms with Gasteiger partial charge in [-0.1, -0.05) is 6.07 Å². The third kappa shape index (κ3) is 3.36. The Hall–Kier alpha value is -2.07. The molecule has 3 nitrogen and oxygen atoms in total. The van der Waals surface area contributed by atoms with Gasteiger partial charge in [0.25, 0.3) is 0 Å². The van der Waals surface area contributed by atoms with Crippen molar-refractivity contribution in [3.8, 4) is 5.75 Å². The van der Waals surface area contributed by atoms with Gasteiger partial charge in [-0.2, -0.15) is 0 Å². The van der Waals surface area contributed by atoms with Gasteiger partial charge in [0.1, 0.15) is 11.6 Å². The predicted molar refractivity (Wildman–Crippen MR) is 98.8 cm³/mol. The SMILES string of the molecule is Cc1cc2c(cc1C)OC(N1CCN(c3ccc(F)cc3)CC1)CC2. The summed E-state index contributed by atoms with van der Waals surface area (Å²) in [6.07, 6.45) is 2.30. The molecule has 0 aromatic heterocycles. The number of benzene rings is 2. The fourth-order valence-corrected chi connectivity index (χ4v) is 3.82. The lowest BCUT2D eigenvalue weighted by Crippen LogP contribution is -2.52. The molecule has 1 fully saturated rings. The van der Waals surface area contributed by atoms with E-state index in [1.807, 2.05) is 12.1 Å². The van der Waals surface area contributed by atoms with E-state index < -0.39 is 0 Å². The smallest absolute Gasteiger partial charge is 0.153 e. The summed E-state index contributed by atoms with van der Waals surface area (Å²) in [6, 6.07) is 11.3. The summed E-state index contributed by atoms with van der Waals surface area (Å²) in [5, 5.41) is 0. The maximum Gasteiger partial charge on any atom is 0.153 e. The van der Waals surface area contributed by atoms with Crippen LogP contribution in [0.2, 0.25) is 0 Å². The summed E-state index contributed by atoms with van der Waals surface area (Å²) >= 11 is 0. The Morgan fingerprint density at radius 1 is 0.960 bits per heavy atom. The Balaban J connectivity index is 1.39. The Bertz CT molecular complexity index is 751. The number of ether oxygens (including phenoxy) is 1. The van der Waals surface area contributed by atoms with Crippen molar-refractivity contribution in [2.24, 2.45) is 0 Å². The van der Waals surface area contributed by atoms with E-state index in [0.29, 0.717) is 0 Å². The minimum absolute atomic E-state index is 0.171. The van der Waals surface area contributed by atoms with Crippen LogP contribution in [-0.4, -0.2) is 37.3 Å². The number of aryl methyl sites for hydroxylation is 3. The molecule has 4 heteroatoms. The summed E-state index contributed by atoms with van der Waals surface area (Å²) in [6.45, 7) is 8.15. The molecule has 2 aliphatic heterocycles. The zero-order chi connectivity index (χ0) is 17.4. The van der Waals surface area contributed by atoms with E-state index in [2.05, 4.69) is 35.8 Å². The molecule has 1 atom stereocenters. The van der Waals surface area contributed by atoms with Gasteiger partial charge in [0.15, 0.2) is 6.23 Å². The van der Waals surface area contributed by atoms with Gasteiger partial charge in [0.05, 0.1) is 0 Å². The molecule has 0 aliphatic carbocycles. The first-order valence-electron chi connectivity index (χ1n) is 9.11. The molecule has 132 valence electrons. The summed E-state index contributed by atoms with van der Waals surface area (Å²) in [7, 11) is 0. The first-order valence-corrected chi connectivity index (χ1v) is 9.11. The highest BCUT2D eigenvalue weighted by Gasteiger charge is 2.28. The quantitative estimate of drug-likeness (QED) is 0.824. The molecular formula is C21H25FN2O. The van der Waals surface area contributed by atoms with E-state index in [4.69, 9.17) is 4.74 Å². The number of hydrogen-bond donors (Lipinski definition) is 0. The highest BCUT2D eigenvalue weighted by Crippen LogP contribution is 2.32. The van der Waals surface area contributed by atoms with Crippen LogP contribution in [0.3, 0.4) is 0 Å². The molecular weight excluding hydrogens is 315 g/mol. The molecule has 0 saturated carbocycles. The normalized spacial score (nSPS) is 20.9. The molecule has 0 spiro atoms. The van der Waals surface area contributed by atoms with Crippen LogP contribution >= 0.6 is 0 Å². The zero-order valence-electron chi connectivity index (χ0n) is 15.0. The number of rotatable bonds is 2. The van der Waals surface area contributed by atoms with E-state index in [1.165, 1.54) is 28.8 Å². The number of hydrogen-bond acceptors (Lipinski definition) is 3. The summed E-state index contributed by atoms with van der Waals surface area (Å²) in [5.41, 5.74) is 5.07. The molecule has 0 amide bonds. The van der Waals surface area contributed by atoms with Crippen molar-refractivity contribution in [3.63, 3.8) is 0 Å². The van der Waals surface area contributed by atoms with Crippen molar-refractivity contribution in [3.05, 3.63) is 58.9 Å². The van der Waals surface area contributed by atoms with Crippen LogP contribution < -0.4 is 9.64 Å². The number of nitrogens with zero attached hydrogens (tertiary/aromatic N) is 2. The summed E-state index contributed by atoms with van der Waals surface area (Å²) < 4.78 is 19.4. The van der Waals surface area contributed by atoms with Crippen LogP contribution in [-0.2, 0) is 6.42 Å². The van der Waals surface area contributed by atoms with E-state index in [9.17, 15) is 4.39 Å². The van der Waals surface area contributed by atoms with Crippen molar-refractivity contribution < 1.29 is 9.13 Å². The third-order valence-corrected chi connectivity index (χ3v) is 5.51. The van der Waals surface area contributed by atoms with Crippen molar-refractivity contribution in [1.29, 1.82) is 0 Å². The Morgan fingerprint density at radius 3 is 2.36 bits per heavy atom. The molecule has 25 heavy (non-hydrogen) atoms. The Labute approximate surface area is 149 Å². The van der Waals surface area contributed by atoms with Crippen LogP contribution in [0.15, 0.2) is 36.4 Å². The van der Waals surface area contributed by atoms with E-state index in [0.717, 1.165) is 50.5 Å². The minimum atomic E-state index is -0.179. The molecule has 1 unspecified atom stereocenters. The molecule has 0 bridgehead atoms. The average molecular weight is 340 g/mol. The van der Waals surface area contributed by atoms with E-state index in [-0.39, 0.29) is 12.0 Å². The zero-order valence-corrected chi connectivity index (χ0v) is 15.0. The second-order valence-corrected chi connectivity index (χ2v) is 7.15. The number of halogens is 1. The largest absolute Gasteiger partial charge is 0.475 e. The van der Waals surface area contributed by atoms with E-state index >= 15 is 0 Å². The third-order valence-electron chi connectivity index (χ3n) is 5.51. The standard InChI is InChI=1S/C21H25FN2O/c1-15-13-17-3-8-21(25-20(17)14-16(15)2)24-11-9-23(10-12-24)19-6-4-18(22)5-7-19/h4-7,13-14,21H,3,8-12H2,1-2H3. The van der Waals surface area contributed by atoms with Crippen molar-refractivity contribution in [1.82, 2.24) is 4.90 Å². The molecule has 2 heterocycles. The molecule has 0 radical (unpaired) electrons. The lowest BCUT2D eigenvalue weighted by Gasteiger charge is -2.41. The first-order chi connectivity index (χ1) is 12.1. The Morgan fingerprint density at radius 2 is 1.64 bits per heavy atom. The van der Waals surface area contributed by atoms with Crippen LogP contribution in [0.25, 0.3) is 0 Å². The van der Waals surface area contributed by atoms with Gasteiger partial charge in [-0.3, -0.25) is 4.90 Å². The fourth-order valence-electron chi connectivity index (χ4n) is 3.82. The lowest BCUT2D eigenvalue weighted by molar-refractivity contribution is 0.00620. The maximum absolute atomic E-state index is 13.1. The van der Waals surface area contributed by atoms with Gasteiger partial charge in [0, 0.05) is 38.3 Å². The number of fused-ring (bicyclic) bond motifs is 1. The van der Waals surface area contributed by atoms with Crippen molar-refractivity contribution >= 4 is 5.69 Å². The monoisotopic (exact) mass is 340 g/mol. The highest BCUT2D eigenvalue weighted by molar-refractivity contribution is 5.47. The van der Waals surface area contributed by atoms with Gasteiger partial charge in [-0.15, -0.1) is 0 Å². The average Bonchev–Trinajstić information content (AvgIpc) is 2.63. The Kier molecular flexibility index (Phi) is 4.38. The van der Waals surface area contributed by atoms with Gasteiger partial charge in [-0.05, 0) is 67.3 Å². The lowest BCUT2D eigenvalue weighted by atomic mass is 9.99. The highest BCUT2D eigenvalue weighted by atomic mass is 19.1. The molecule has 2 aliphatic rings. The fraction of sp³-hybridized carbons (Fsp3) is 0.429. The van der Waals surface area contributed by atoms with E-state index in [1.54, 1.807) is 0 Å². The second kappa shape index (κ2) is 6.68. The second-order valence-electron chi connectivity index (χ2n) is 7.15.